The molecule has 0 spiro atoms. The summed E-state index contributed by atoms with van der Waals surface area (Å²) in [6, 6.07) is 4.14. The molecule has 0 aromatic carbocycles. The van der Waals surface area contributed by atoms with E-state index in [2.05, 4.69) is 22.3 Å². The predicted molar refractivity (Wildman–Crippen MR) is 65.0 cm³/mol. The normalized spacial score (nSPS) is 12.4. The lowest BCUT2D eigenvalue weighted by atomic mass is 10.1. The number of rotatable bonds is 4. The number of pyridine rings is 1. The summed E-state index contributed by atoms with van der Waals surface area (Å²) in [7, 11) is 3.77. The Labute approximate surface area is 100 Å². The monoisotopic (exact) mass is 232 g/mol. The van der Waals surface area contributed by atoms with Crippen LogP contribution in [-0.2, 0) is 7.05 Å². The SMILES string of the molecule is CNC(C)c1ccc(Oc2cnn(C)c2)nc1. The molecule has 1 N–H and O–H groups in total. The Morgan fingerprint density at radius 1 is 1.35 bits per heavy atom. The van der Waals surface area contributed by atoms with Crippen molar-refractivity contribution >= 4 is 0 Å². The molecule has 2 heterocycles. The molecule has 0 saturated carbocycles. The highest BCUT2D eigenvalue weighted by molar-refractivity contribution is 5.25. The van der Waals surface area contributed by atoms with E-state index in [1.807, 2.05) is 32.4 Å². The van der Waals surface area contributed by atoms with Gasteiger partial charge in [0.05, 0.1) is 12.4 Å². The van der Waals surface area contributed by atoms with Crippen molar-refractivity contribution in [3.8, 4) is 11.6 Å². The van der Waals surface area contributed by atoms with E-state index in [0.717, 1.165) is 5.56 Å². The molecule has 2 aromatic rings. The van der Waals surface area contributed by atoms with E-state index in [1.165, 1.54) is 0 Å². The molecule has 1 unspecified atom stereocenters. The van der Waals surface area contributed by atoms with Gasteiger partial charge in [-0.1, -0.05) is 6.07 Å². The number of ether oxygens (including phenoxy) is 1. The van der Waals surface area contributed by atoms with Crippen LogP contribution in [0.5, 0.6) is 11.6 Å². The van der Waals surface area contributed by atoms with Crippen molar-refractivity contribution in [2.75, 3.05) is 7.05 Å². The molecule has 0 aliphatic carbocycles. The second kappa shape index (κ2) is 4.97. The summed E-state index contributed by atoms with van der Waals surface area (Å²) in [4.78, 5) is 4.25. The van der Waals surface area contributed by atoms with Gasteiger partial charge in [-0.2, -0.15) is 5.10 Å². The average Bonchev–Trinajstić information content (AvgIpc) is 2.75. The molecule has 0 saturated heterocycles. The highest BCUT2D eigenvalue weighted by Gasteiger charge is 2.04. The van der Waals surface area contributed by atoms with Crippen LogP contribution >= 0.6 is 0 Å². The highest BCUT2D eigenvalue weighted by Crippen LogP contribution is 2.19. The predicted octanol–water partition coefficient (Wildman–Crippen LogP) is 1.89. The molecule has 17 heavy (non-hydrogen) atoms. The van der Waals surface area contributed by atoms with Crippen LogP contribution in [-0.4, -0.2) is 21.8 Å². The van der Waals surface area contributed by atoms with Crippen LogP contribution in [0.25, 0.3) is 0 Å². The van der Waals surface area contributed by atoms with E-state index in [1.54, 1.807) is 17.1 Å². The molecule has 0 aliphatic heterocycles. The minimum atomic E-state index is 0.287. The van der Waals surface area contributed by atoms with Gasteiger partial charge < -0.3 is 10.1 Å². The molecule has 0 radical (unpaired) electrons. The molecule has 2 rings (SSSR count). The first-order chi connectivity index (χ1) is 8.19. The molecule has 5 nitrogen and oxygen atoms in total. The van der Waals surface area contributed by atoms with E-state index in [-0.39, 0.29) is 6.04 Å². The van der Waals surface area contributed by atoms with Crippen LogP contribution in [0, 0.1) is 0 Å². The zero-order valence-corrected chi connectivity index (χ0v) is 10.2. The number of nitrogens with zero attached hydrogens (tertiary/aromatic N) is 3. The van der Waals surface area contributed by atoms with Gasteiger partial charge in [0.15, 0.2) is 5.75 Å². The van der Waals surface area contributed by atoms with Crippen LogP contribution in [0.2, 0.25) is 0 Å². The van der Waals surface area contributed by atoms with Crippen LogP contribution in [0.1, 0.15) is 18.5 Å². The summed E-state index contributed by atoms with van der Waals surface area (Å²) < 4.78 is 7.24. The summed E-state index contributed by atoms with van der Waals surface area (Å²) >= 11 is 0. The molecule has 1 atom stereocenters. The number of nitrogens with one attached hydrogen (secondary N) is 1. The lowest BCUT2D eigenvalue weighted by molar-refractivity contribution is 0.461. The fraction of sp³-hybridized carbons (Fsp3) is 0.333. The molecule has 5 heteroatoms. The Morgan fingerprint density at radius 3 is 2.71 bits per heavy atom. The van der Waals surface area contributed by atoms with Crippen LogP contribution in [0.3, 0.4) is 0 Å². The maximum absolute atomic E-state index is 5.55. The summed E-state index contributed by atoms with van der Waals surface area (Å²) in [5, 5.41) is 7.19. The van der Waals surface area contributed by atoms with Crippen LogP contribution < -0.4 is 10.1 Å². The summed E-state index contributed by atoms with van der Waals surface area (Å²) in [5.41, 5.74) is 1.13. The van der Waals surface area contributed by atoms with Gasteiger partial charge in [0.25, 0.3) is 0 Å². The molecule has 2 aromatic heterocycles. The maximum Gasteiger partial charge on any atom is 0.219 e. The molecule has 0 aliphatic rings. The Morgan fingerprint density at radius 2 is 2.18 bits per heavy atom. The Balaban J connectivity index is 2.08. The quantitative estimate of drug-likeness (QED) is 0.874. The van der Waals surface area contributed by atoms with E-state index < -0.39 is 0 Å². The third-order valence-electron chi connectivity index (χ3n) is 2.60. The summed E-state index contributed by atoms with van der Waals surface area (Å²) in [6.07, 6.45) is 5.27. The molecular weight excluding hydrogens is 216 g/mol. The third-order valence-corrected chi connectivity index (χ3v) is 2.60. The molecular formula is C12H16N4O. The first kappa shape index (κ1) is 11.6. The van der Waals surface area contributed by atoms with Gasteiger partial charge in [-0.25, -0.2) is 4.98 Å². The average molecular weight is 232 g/mol. The fourth-order valence-electron chi connectivity index (χ4n) is 1.45. The first-order valence-electron chi connectivity index (χ1n) is 5.49. The van der Waals surface area contributed by atoms with Crippen molar-refractivity contribution in [3.63, 3.8) is 0 Å². The Bertz CT molecular complexity index is 478. The fourth-order valence-corrected chi connectivity index (χ4v) is 1.45. The van der Waals surface area contributed by atoms with Crippen molar-refractivity contribution in [1.82, 2.24) is 20.1 Å². The van der Waals surface area contributed by atoms with Gasteiger partial charge in [0, 0.05) is 25.4 Å². The smallest absolute Gasteiger partial charge is 0.219 e. The number of aryl methyl sites for hydroxylation is 1. The van der Waals surface area contributed by atoms with E-state index in [0.29, 0.717) is 11.6 Å². The third kappa shape index (κ3) is 2.82. The number of hydrogen-bond donors (Lipinski definition) is 1. The molecule has 0 fully saturated rings. The van der Waals surface area contributed by atoms with Crippen molar-refractivity contribution < 1.29 is 4.74 Å². The van der Waals surface area contributed by atoms with Crippen molar-refractivity contribution in [1.29, 1.82) is 0 Å². The topological polar surface area (TPSA) is 52.0 Å². The second-order valence-corrected chi connectivity index (χ2v) is 3.89. The van der Waals surface area contributed by atoms with Gasteiger partial charge in [0.1, 0.15) is 0 Å². The molecule has 0 bridgehead atoms. The zero-order chi connectivity index (χ0) is 12.3. The minimum Gasteiger partial charge on any atom is -0.436 e. The van der Waals surface area contributed by atoms with E-state index in [4.69, 9.17) is 4.74 Å². The van der Waals surface area contributed by atoms with Gasteiger partial charge >= 0.3 is 0 Å². The van der Waals surface area contributed by atoms with Crippen molar-refractivity contribution in [2.45, 2.75) is 13.0 Å². The first-order valence-corrected chi connectivity index (χ1v) is 5.49. The molecule has 90 valence electrons. The van der Waals surface area contributed by atoms with Gasteiger partial charge in [-0.3, -0.25) is 4.68 Å². The lowest BCUT2D eigenvalue weighted by Gasteiger charge is -2.10. The lowest BCUT2D eigenvalue weighted by Crippen LogP contribution is -2.12. The summed E-state index contributed by atoms with van der Waals surface area (Å²) in [6.45, 7) is 2.08. The second-order valence-electron chi connectivity index (χ2n) is 3.89. The van der Waals surface area contributed by atoms with E-state index >= 15 is 0 Å². The van der Waals surface area contributed by atoms with Gasteiger partial charge in [-0.05, 0) is 19.5 Å². The van der Waals surface area contributed by atoms with Gasteiger partial charge in [-0.15, -0.1) is 0 Å². The van der Waals surface area contributed by atoms with E-state index in [9.17, 15) is 0 Å². The highest BCUT2D eigenvalue weighted by atomic mass is 16.5. The molecule has 0 amide bonds. The van der Waals surface area contributed by atoms with Gasteiger partial charge in [0.2, 0.25) is 5.88 Å². The number of aromatic nitrogens is 3. The minimum absolute atomic E-state index is 0.287. The summed E-state index contributed by atoms with van der Waals surface area (Å²) in [5.74, 6) is 1.26. The maximum atomic E-state index is 5.55. The standard InChI is InChI=1S/C12H16N4O/c1-9(13-2)10-4-5-12(14-6-10)17-11-7-15-16(3)8-11/h4-9,13H,1-3H3. The van der Waals surface area contributed by atoms with Crippen molar-refractivity contribution in [2.24, 2.45) is 7.05 Å². The van der Waals surface area contributed by atoms with Crippen molar-refractivity contribution in [3.05, 3.63) is 36.3 Å². The Hall–Kier alpha value is -1.88. The largest absolute Gasteiger partial charge is 0.436 e. The zero-order valence-electron chi connectivity index (χ0n) is 10.2. The Kier molecular flexibility index (Phi) is 3.39. The number of hydrogen-bond acceptors (Lipinski definition) is 4. The van der Waals surface area contributed by atoms with Crippen LogP contribution in [0.4, 0.5) is 0 Å². The van der Waals surface area contributed by atoms with Crippen LogP contribution in [0.15, 0.2) is 30.7 Å².